The van der Waals surface area contributed by atoms with Crippen molar-refractivity contribution in [2.75, 3.05) is 10.8 Å². The number of rotatable bonds is 11. The molecular weight excluding hydrogens is 502 g/mol. The highest BCUT2D eigenvalue weighted by atomic mass is 32.2. The highest BCUT2D eigenvalue weighted by molar-refractivity contribution is 7.93. The van der Waals surface area contributed by atoms with Crippen molar-refractivity contribution in [1.82, 2.24) is 0 Å². The van der Waals surface area contributed by atoms with Crippen molar-refractivity contribution in [3.05, 3.63) is 108 Å². The van der Waals surface area contributed by atoms with E-state index in [9.17, 15) is 18.3 Å². The van der Waals surface area contributed by atoms with Crippen LogP contribution in [0.1, 0.15) is 46.5 Å². The molecule has 1 unspecified atom stereocenters. The molecule has 7 nitrogen and oxygen atoms in total. The summed E-state index contributed by atoms with van der Waals surface area (Å²) < 4.78 is 41.6. The lowest BCUT2D eigenvalue weighted by Crippen LogP contribution is -2.37. The number of aromatic carboxylic acids is 1. The lowest BCUT2D eigenvalue weighted by atomic mass is 10.1. The topological polar surface area (TPSA) is 97.0 Å². The van der Waals surface area contributed by atoms with Crippen LogP contribution in [0.2, 0.25) is 0 Å². The fourth-order valence-electron chi connectivity index (χ4n) is 4.22. The molecule has 1 N–H and O–H groups in total. The zero-order chi connectivity index (χ0) is 27.4. The highest BCUT2D eigenvalue weighted by Gasteiger charge is 2.35. The van der Waals surface area contributed by atoms with E-state index in [1.165, 1.54) is 22.5 Å². The van der Waals surface area contributed by atoms with Crippen LogP contribution in [-0.4, -0.2) is 26.0 Å². The number of carboxylic acids is 1. The zero-order valence-corrected chi connectivity index (χ0v) is 22.4. The van der Waals surface area contributed by atoms with Crippen LogP contribution < -0.4 is 9.04 Å². The SMILES string of the molecule is C=CC(c1ccc(C)o1)S(=O)(=O)N(CC(C)C)c1cc2ccccc2cc1OCc1ccc(C(=O)O)cc1. The first-order valence-corrected chi connectivity index (χ1v) is 13.8. The third kappa shape index (κ3) is 5.75. The molecule has 198 valence electrons. The molecule has 0 saturated heterocycles. The fourth-order valence-corrected chi connectivity index (χ4v) is 6.08. The Morgan fingerprint density at radius 2 is 1.71 bits per heavy atom. The van der Waals surface area contributed by atoms with Crippen molar-refractivity contribution in [2.45, 2.75) is 32.6 Å². The maximum Gasteiger partial charge on any atom is 0.335 e. The third-order valence-electron chi connectivity index (χ3n) is 6.11. The molecule has 38 heavy (non-hydrogen) atoms. The molecule has 4 aromatic rings. The lowest BCUT2D eigenvalue weighted by Gasteiger charge is -2.30. The molecule has 1 heterocycles. The molecule has 3 aromatic carbocycles. The first-order valence-electron chi connectivity index (χ1n) is 12.3. The summed E-state index contributed by atoms with van der Waals surface area (Å²) in [5, 5.41) is 9.85. The largest absolute Gasteiger partial charge is 0.487 e. The summed E-state index contributed by atoms with van der Waals surface area (Å²) in [7, 11) is -4.01. The number of furan rings is 1. The molecule has 0 aliphatic carbocycles. The van der Waals surface area contributed by atoms with Gasteiger partial charge in [0.15, 0.2) is 5.25 Å². The first kappa shape index (κ1) is 27.0. The fraction of sp³-hybridized carbons (Fsp3) is 0.233. The third-order valence-corrected chi connectivity index (χ3v) is 8.13. The van der Waals surface area contributed by atoms with Crippen molar-refractivity contribution in [1.29, 1.82) is 0 Å². The summed E-state index contributed by atoms with van der Waals surface area (Å²) in [4.78, 5) is 11.2. The van der Waals surface area contributed by atoms with Crippen LogP contribution in [0.25, 0.3) is 10.8 Å². The minimum absolute atomic E-state index is 0.0106. The normalized spacial score (nSPS) is 12.4. The van der Waals surface area contributed by atoms with Crippen LogP contribution in [0.3, 0.4) is 0 Å². The number of hydrogen-bond acceptors (Lipinski definition) is 5. The van der Waals surface area contributed by atoms with E-state index in [0.717, 1.165) is 16.3 Å². The number of hydrogen-bond donors (Lipinski definition) is 1. The maximum absolute atomic E-state index is 14.2. The molecule has 0 fully saturated rings. The molecule has 0 aliphatic heterocycles. The molecule has 0 radical (unpaired) electrons. The van der Waals surface area contributed by atoms with Gasteiger partial charge in [-0.3, -0.25) is 4.31 Å². The smallest absolute Gasteiger partial charge is 0.335 e. The quantitative estimate of drug-likeness (QED) is 0.215. The number of benzene rings is 3. The van der Waals surface area contributed by atoms with Gasteiger partial charge < -0.3 is 14.3 Å². The van der Waals surface area contributed by atoms with E-state index in [4.69, 9.17) is 9.15 Å². The Morgan fingerprint density at radius 3 is 2.26 bits per heavy atom. The van der Waals surface area contributed by atoms with Crippen LogP contribution in [0.15, 0.2) is 89.9 Å². The molecule has 1 aromatic heterocycles. The van der Waals surface area contributed by atoms with Crippen molar-refractivity contribution in [3.8, 4) is 5.75 Å². The number of nitrogens with zero attached hydrogens (tertiary/aromatic N) is 1. The Bertz CT molecular complexity index is 1550. The zero-order valence-electron chi connectivity index (χ0n) is 21.6. The second-order valence-corrected chi connectivity index (χ2v) is 11.5. The van der Waals surface area contributed by atoms with E-state index in [0.29, 0.717) is 23.0 Å². The molecule has 8 heteroatoms. The minimum atomic E-state index is -4.01. The van der Waals surface area contributed by atoms with E-state index in [2.05, 4.69) is 6.58 Å². The number of ether oxygens (including phenoxy) is 1. The van der Waals surface area contributed by atoms with E-state index in [-0.39, 0.29) is 24.6 Å². The predicted octanol–water partition coefficient (Wildman–Crippen LogP) is 6.74. The molecule has 0 spiro atoms. The van der Waals surface area contributed by atoms with Gasteiger partial charge in [-0.1, -0.05) is 56.3 Å². The lowest BCUT2D eigenvalue weighted by molar-refractivity contribution is 0.0696. The van der Waals surface area contributed by atoms with Gasteiger partial charge in [-0.05, 0) is 65.6 Å². The monoisotopic (exact) mass is 533 g/mol. The van der Waals surface area contributed by atoms with Gasteiger partial charge in [0.1, 0.15) is 23.9 Å². The van der Waals surface area contributed by atoms with E-state index >= 15 is 0 Å². The van der Waals surface area contributed by atoms with Crippen molar-refractivity contribution in [3.63, 3.8) is 0 Å². The van der Waals surface area contributed by atoms with Gasteiger partial charge in [0.05, 0.1) is 11.3 Å². The molecular formula is C30H31NO6S. The predicted molar refractivity (Wildman–Crippen MR) is 149 cm³/mol. The number of fused-ring (bicyclic) bond motifs is 1. The van der Waals surface area contributed by atoms with Crippen LogP contribution in [0.4, 0.5) is 5.69 Å². The van der Waals surface area contributed by atoms with E-state index < -0.39 is 21.2 Å². The molecule has 0 aliphatic rings. The Labute approximate surface area is 223 Å². The van der Waals surface area contributed by atoms with E-state index in [1.807, 2.05) is 50.2 Å². The van der Waals surface area contributed by atoms with Crippen LogP contribution in [0.5, 0.6) is 5.75 Å². The molecule has 4 rings (SSSR count). The van der Waals surface area contributed by atoms with Gasteiger partial charge in [-0.25, -0.2) is 13.2 Å². The molecule has 0 amide bonds. The van der Waals surface area contributed by atoms with Crippen molar-refractivity contribution < 1.29 is 27.5 Å². The number of sulfonamides is 1. The van der Waals surface area contributed by atoms with Crippen molar-refractivity contribution >= 4 is 32.5 Å². The number of aryl methyl sites for hydroxylation is 1. The number of anilines is 1. The van der Waals surface area contributed by atoms with Gasteiger partial charge >= 0.3 is 5.97 Å². The summed E-state index contributed by atoms with van der Waals surface area (Å²) in [6.07, 6.45) is 1.38. The summed E-state index contributed by atoms with van der Waals surface area (Å²) in [6, 6.07) is 21.1. The first-order chi connectivity index (χ1) is 18.1. The molecule has 0 saturated carbocycles. The average Bonchev–Trinajstić information content (AvgIpc) is 3.31. The summed E-state index contributed by atoms with van der Waals surface area (Å²) in [6.45, 7) is 9.81. The number of carbonyl (C=O) groups is 1. The Morgan fingerprint density at radius 1 is 1.05 bits per heavy atom. The van der Waals surface area contributed by atoms with Gasteiger partial charge in [0.25, 0.3) is 0 Å². The van der Waals surface area contributed by atoms with Crippen LogP contribution >= 0.6 is 0 Å². The van der Waals surface area contributed by atoms with Crippen LogP contribution in [-0.2, 0) is 16.6 Å². The number of carboxylic acid groups (broad SMARTS) is 1. The molecule has 0 bridgehead atoms. The second-order valence-electron chi connectivity index (χ2n) is 9.53. The summed E-state index contributed by atoms with van der Waals surface area (Å²) in [5.41, 5.74) is 1.34. The van der Waals surface area contributed by atoms with Gasteiger partial charge in [0, 0.05) is 6.54 Å². The van der Waals surface area contributed by atoms with Crippen LogP contribution in [0, 0.1) is 12.8 Å². The highest BCUT2D eigenvalue weighted by Crippen LogP contribution is 2.39. The maximum atomic E-state index is 14.2. The van der Waals surface area contributed by atoms with Gasteiger partial charge in [-0.15, -0.1) is 6.58 Å². The van der Waals surface area contributed by atoms with E-state index in [1.54, 1.807) is 31.2 Å². The molecule has 1 atom stereocenters. The Balaban J connectivity index is 1.80. The van der Waals surface area contributed by atoms with Gasteiger partial charge in [-0.2, -0.15) is 0 Å². The second kappa shape index (κ2) is 11.1. The van der Waals surface area contributed by atoms with Gasteiger partial charge in [0.2, 0.25) is 10.0 Å². The Kier molecular flexibility index (Phi) is 7.92. The van der Waals surface area contributed by atoms with Crippen molar-refractivity contribution in [2.24, 2.45) is 5.92 Å². The minimum Gasteiger partial charge on any atom is -0.487 e. The standard InChI is InChI=1S/C30H31NO6S/c1-5-29(27-15-10-21(4)37-27)38(34,35)31(18-20(2)3)26-16-24-8-6-7-9-25(24)17-28(26)36-19-22-11-13-23(14-12-22)30(32)33/h5-17,20,29H,1,18-19H2,2-4H3,(H,32,33). The Hall–Kier alpha value is -4.04. The average molecular weight is 534 g/mol. The summed E-state index contributed by atoms with van der Waals surface area (Å²) in [5.74, 6) is 0.312. The summed E-state index contributed by atoms with van der Waals surface area (Å²) >= 11 is 0.